The predicted octanol–water partition coefficient (Wildman–Crippen LogP) is -2.24. The van der Waals surface area contributed by atoms with Crippen LogP contribution in [0.4, 0.5) is 0 Å². The van der Waals surface area contributed by atoms with Crippen LogP contribution in [0.5, 0.6) is 0 Å². The van der Waals surface area contributed by atoms with Crippen molar-refractivity contribution in [3.8, 4) is 0 Å². The minimum absolute atomic E-state index is 0. The Morgan fingerprint density at radius 2 is 1.82 bits per heavy atom. The first-order chi connectivity index (χ1) is 4.79. The molecule has 3 heteroatoms. The largest absolute Gasteiger partial charge is 1.00 e. The first kappa shape index (κ1) is 10.9. The van der Waals surface area contributed by atoms with E-state index in [1.165, 1.54) is 0 Å². The molecule has 0 spiro atoms. The maximum Gasteiger partial charge on any atom is 0.165 e. The van der Waals surface area contributed by atoms with Crippen LogP contribution in [0.3, 0.4) is 0 Å². The minimum atomic E-state index is 0. The number of morpholine rings is 1. The molecule has 66 valence electrons. The van der Waals surface area contributed by atoms with Crippen molar-refractivity contribution >= 4 is 6.21 Å². The van der Waals surface area contributed by atoms with Gasteiger partial charge in [-0.3, -0.25) is 0 Å². The van der Waals surface area contributed by atoms with Crippen molar-refractivity contribution in [3.63, 3.8) is 0 Å². The summed E-state index contributed by atoms with van der Waals surface area (Å²) in [5, 5.41) is 0. The van der Waals surface area contributed by atoms with Crippen LogP contribution in [0.15, 0.2) is 0 Å². The molecule has 0 N–H and O–H groups in total. The molecule has 0 aromatic heterocycles. The van der Waals surface area contributed by atoms with Crippen molar-refractivity contribution < 1.29 is 21.7 Å². The monoisotopic (exact) mass is 177 g/mol. The third-order valence-electron chi connectivity index (χ3n) is 1.55. The molecule has 0 radical (unpaired) electrons. The van der Waals surface area contributed by atoms with E-state index in [1.54, 1.807) is 0 Å². The Bertz CT molecular complexity index is 126. The van der Waals surface area contributed by atoms with E-state index in [9.17, 15) is 0 Å². The molecule has 1 fully saturated rings. The zero-order valence-electron chi connectivity index (χ0n) is 7.22. The molecule has 1 saturated heterocycles. The molecule has 1 rings (SSSR count). The summed E-state index contributed by atoms with van der Waals surface area (Å²) in [5.41, 5.74) is 0. The summed E-state index contributed by atoms with van der Waals surface area (Å²) in [4.78, 5) is 0. The molecule has 0 aromatic rings. The van der Waals surface area contributed by atoms with Crippen LogP contribution in [0, 0.1) is 5.92 Å². The molecule has 11 heavy (non-hydrogen) atoms. The number of halogens is 1. The number of hydrogen-bond donors (Lipinski definition) is 0. The molecular weight excluding hydrogens is 162 g/mol. The standard InChI is InChI=1S/C8H16NO.ClH/c1-8(2)7-9-3-5-10-6-4-9;/h7-8H,3-6H2,1-2H3;1H/q+1;/p-1. The predicted molar refractivity (Wildman–Crippen MR) is 41.7 cm³/mol. The second kappa shape index (κ2) is 5.56. The quantitative estimate of drug-likeness (QED) is 0.413. The Balaban J connectivity index is 0.000001000. The Morgan fingerprint density at radius 1 is 1.27 bits per heavy atom. The summed E-state index contributed by atoms with van der Waals surface area (Å²) < 4.78 is 7.56. The van der Waals surface area contributed by atoms with Gasteiger partial charge in [0, 0.05) is 5.92 Å². The zero-order chi connectivity index (χ0) is 7.40. The highest BCUT2D eigenvalue weighted by Crippen LogP contribution is 1.91. The van der Waals surface area contributed by atoms with Crippen molar-refractivity contribution in [2.45, 2.75) is 13.8 Å². The molecule has 0 atom stereocenters. The highest BCUT2D eigenvalue weighted by Gasteiger charge is 2.10. The van der Waals surface area contributed by atoms with Gasteiger partial charge >= 0.3 is 0 Å². The lowest BCUT2D eigenvalue weighted by Gasteiger charge is -2.10. The van der Waals surface area contributed by atoms with Crippen LogP contribution >= 0.6 is 0 Å². The lowest BCUT2D eigenvalue weighted by molar-refractivity contribution is -0.546. The van der Waals surface area contributed by atoms with Crippen molar-refractivity contribution in [2.24, 2.45) is 5.92 Å². The van der Waals surface area contributed by atoms with Gasteiger partial charge in [-0.2, -0.15) is 0 Å². The maximum atomic E-state index is 5.22. The highest BCUT2D eigenvalue weighted by atomic mass is 35.5. The van der Waals surface area contributed by atoms with Crippen molar-refractivity contribution in [1.29, 1.82) is 0 Å². The molecule has 0 amide bonds. The van der Waals surface area contributed by atoms with E-state index in [4.69, 9.17) is 4.74 Å². The van der Waals surface area contributed by atoms with Gasteiger partial charge in [0.1, 0.15) is 19.4 Å². The van der Waals surface area contributed by atoms with Crippen molar-refractivity contribution in [2.75, 3.05) is 26.3 Å². The fourth-order valence-electron chi connectivity index (χ4n) is 1.15. The lowest BCUT2D eigenvalue weighted by atomic mass is 10.2. The van der Waals surface area contributed by atoms with Gasteiger partial charge in [0.05, 0.1) is 0 Å². The molecule has 0 aromatic carbocycles. The second-order valence-corrected chi connectivity index (χ2v) is 3.04. The van der Waals surface area contributed by atoms with Gasteiger partial charge < -0.3 is 17.1 Å². The fraction of sp³-hybridized carbons (Fsp3) is 0.875. The van der Waals surface area contributed by atoms with Crippen molar-refractivity contribution in [1.82, 2.24) is 0 Å². The molecule has 1 aliphatic rings. The Labute approximate surface area is 74.7 Å². The Hall–Kier alpha value is -0.0800. The second-order valence-electron chi connectivity index (χ2n) is 3.04. The van der Waals surface area contributed by atoms with Gasteiger partial charge in [-0.1, -0.05) is 13.8 Å². The molecule has 0 unspecified atom stereocenters. The third kappa shape index (κ3) is 4.38. The number of rotatable bonds is 1. The van der Waals surface area contributed by atoms with E-state index >= 15 is 0 Å². The van der Waals surface area contributed by atoms with Crippen LogP contribution in [0.2, 0.25) is 0 Å². The molecule has 1 heterocycles. The number of nitrogens with zero attached hydrogens (tertiary/aromatic N) is 1. The number of ether oxygens (including phenoxy) is 1. The highest BCUT2D eigenvalue weighted by molar-refractivity contribution is 5.53. The van der Waals surface area contributed by atoms with Gasteiger partial charge in [0.15, 0.2) is 13.1 Å². The van der Waals surface area contributed by atoms with E-state index in [1.807, 2.05) is 0 Å². The SMILES string of the molecule is CC(C)C=[N+]1CCOCC1.[Cl-]. The van der Waals surface area contributed by atoms with Crippen LogP contribution in [0.1, 0.15) is 13.8 Å². The van der Waals surface area contributed by atoms with Gasteiger partial charge in [0.2, 0.25) is 0 Å². The van der Waals surface area contributed by atoms with E-state index in [2.05, 4.69) is 24.6 Å². The summed E-state index contributed by atoms with van der Waals surface area (Å²) in [6, 6.07) is 0. The topological polar surface area (TPSA) is 12.2 Å². The van der Waals surface area contributed by atoms with Crippen LogP contribution < -0.4 is 12.4 Å². The lowest BCUT2D eigenvalue weighted by Crippen LogP contribution is -3.00. The maximum absolute atomic E-state index is 5.22. The van der Waals surface area contributed by atoms with Gasteiger partial charge in [0.25, 0.3) is 0 Å². The first-order valence-corrected chi connectivity index (χ1v) is 3.96. The fourth-order valence-corrected chi connectivity index (χ4v) is 1.15. The summed E-state index contributed by atoms with van der Waals surface area (Å²) in [7, 11) is 0. The molecular formula is C8H16ClNO. The van der Waals surface area contributed by atoms with E-state index in [-0.39, 0.29) is 12.4 Å². The van der Waals surface area contributed by atoms with E-state index in [0.717, 1.165) is 26.3 Å². The summed E-state index contributed by atoms with van der Waals surface area (Å²) in [6.07, 6.45) is 2.28. The zero-order valence-corrected chi connectivity index (χ0v) is 7.97. The summed E-state index contributed by atoms with van der Waals surface area (Å²) in [5.74, 6) is 0.665. The van der Waals surface area contributed by atoms with Crippen LogP contribution in [-0.4, -0.2) is 37.1 Å². The smallest absolute Gasteiger partial charge is 0.165 e. The number of hydrogen-bond acceptors (Lipinski definition) is 1. The molecule has 0 bridgehead atoms. The molecule has 2 nitrogen and oxygen atoms in total. The van der Waals surface area contributed by atoms with Gasteiger partial charge in [-0.15, -0.1) is 0 Å². The third-order valence-corrected chi connectivity index (χ3v) is 1.55. The summed E-state index contributed by atoms with van der Waals surface area (Å²) in [6.45, 7) is 8.33. The molecule has 1 aliphatic heterocycles. The summed E-state index contributed by atoms with van der Waals surface area (Å²) >= 11 is 0. The molecule has 0 aliphatic carbocycles. The normalized spacial score (nSPS) is 17.9. The van der Waals surface area contributed by atoms with Gasteiger partial charge in [-0.05, 0) is 0 Å². The Morgan fingerprint density at radius 3 is 2.27 bits per heavy atom. The average molecular weight is 178 g/mol. The average Bonchev–Trinajstić information content (AvgIpc) is 1.88. The van der Waals surface area contributed by atoms with Crippen LogP contribution in [0.25, 0.3) is 0 Å². The minimum Gasteiger partial charge on any atom is -1.00 e. The van der Waals surface area contributed by atoms with E-state index in [0.29, 0.717) is 5.92 Å². The van der Waals surface area contributed by atoms with Crippen LogP contribution in [-0.2, 0) is 4.74 Å². The van der Waals surface area contributed by atoms with Gasteiger partial charge in [-0.25, -0.2) is 4.58 Å². The van der Waals surface area contributed by atoms with E-state index < -0.39 is 0 Å². The first-order valence-electron chi connectivity index (χ1n) is 3.96. The van der Waals surface area contributed by atoms with Crippen molar-refractivity contribution in [3.05, 3.63) is 0 Å². The Kier molecular flexibility index (Phi) is 5.51. The molecule has 0 saturated carbocycles.